The van der Waals surface area contributed by atoms with Crippen LogP contribution in [0.3, 0.4) is 0 Å². The Morgan fingerprint density at radius 2 is 2.27 bits per heavy atom. The van der Waals surface area contributed by atoms with Gasteiger partial charge in [-0.25, -0.2) is 9.18 Å². The zero-order chi connectivity index (χ0) is 11.3. The highest BCUT2D eigenvalue weighted by molar-refractivity contribution is 9.10. The summed E-state index contributed by atoms with van der Waals surface area (Å²) < 4.78 is 13.9. The molecule has 0 heterocycles. The van der Waals surface area contributed by atoms with E-state index in [0.717, 1.165) is 0 Å². The van der Waals surface area contributed by atoms with E-state index in [1.165, 1.54) is 12.1 Å². The number of hydrogen-bond acceptors (Lipinski definition) is 1. The van der Waals surface area contributed by atoms with Gasteiger partial charge < -0.3 is 10.6 Å². The highest BCUT2D eigenvalue weighted by atomic mass is 79.9. The smallest absolute Gasteiger partial charge is 0.319 e. The number of carbonyl (C=O) groups is 1. The van der Waals surface area contributed by atoms with Crippen LogP contribution in [0.1, 0.15) is 0 Å². The predicted molar refractivity (Wildman–Crippen MR) is 61.8 cm³/mol. The van der Waals surface area contributed by atoms with Crippen LogP contribution < -0.4 is 10.6 Å². The van der Waals surface area contributed by atoms with Crippen LogP contribution in [0.15, 0.2) is 22.7 Å². The van der Waals surface area contributed by atoms with E-state index in [0.29, 0.717) is 16.9 Å². The topological polar surface area (TPSA) is 41.1 Å². The summed E-state index contributed by atoms with van der Waals surface area (Å²) in [5.74, 6) is -0.179. The number of urea groups is 1. The number of nitrogens with one attached hydrogen (secondary N) is 2. The van der Waals surface area contributed by atoms with Gasteiger partial charge in [0, 0.05) is 16.9 Å². The summed E-state index contributed by atoms with van der Waals surface area (Å²) >= 11 is 8.50. The van der Waals surface area contributed by atoms with Crippen molar-refractivity contribution in [3.63, 3.8) is 0 Å². The lowest BCUT2D eigenvalue weighted by Crippen LogP contribution is -2.30. The molecule has 0 saturated carbocycles. The monoisotopic (exact) mass is 294 g/mol. The molecule has 3 nitrogen and oxygen atoms in total. The fourth-order valence-electron chi connectivity index (χ4n) is 0.918. The normalized spacial score (nSPS) is 9.80. The molecule has 82 valence electrons. The summed E-state index contributed by atoms with van der Waals surface area (Å²) in [7, 11) is 0. The molecule has 0 saturated heterocycles. The molecule has 0 atom stereocenters. The summed E-state index contributed by atoms with van der Waals surface area (Å²) in [4.78, 5) is 11.1. The van der Waals surface area contributed by atoms with Crippen LogP contribution in [0.4, 0.5) is 14.9 Å². The molecule has 15 heavy (non-hydrogen) atoms. The number of amides is 2. The first kappa shape index (κ1) is 12.3. The van der Waals surface area contributed by atoms with Crippen LogP contribution >= 0.6 is 27.5 Å². The number of halogens is 3. The van der Waals surface area contributed by atoms with Gasteiger partial charge in [-0.05, 0) is 18.2 Å². The Kier molecular flexibility index (Phi) is 4.84. The van der Waals surface area contributed by atoms with Crippen LogP contribution in [0.25, 0.3) is 0 Å². The van der Waals surface area contributed by atoms with Crippen molar-refractivity contribution in [2.75, 3.05) is 17.7 Å². The van der Waals surface area contributed by atoms with E-state index < -0.39 is 11.8 Å². The van der Waals surface area contributed by atoms with Crippen LogP contribution in [-0.4, -0.2) is 18.5 Å². The largest absolute Gasteiger partial charge is 0.337 e. The van der Waals surface area contributed by atoms with Gasteiger partial charge in [0.25, 0.3) is 0 Å². The van der Waals surface area contributed by atoms with E-state index in [1.54, 1.807) is 6.07 Å². The molecule has 1 aromatic rings. The number of carbonyl (C=O) groups excluding carboxylic acids is 1. The minimum atomic E-state index is -0.495. The molecule has 0 spiro atoms. The molecule has 0 aliphatic rings. The van der Waals surface area contributed by atoms with Gasteiger partial charge in [-0.1, -0.05) is 15.9 Å². The summed E-state index contributed by atoms with van der Waals surface area (Å²) in [5, 5.41) is 4.83. The molecule has 0 bridgehead atoms. The molecule has 1 rings (SSSR count). The number of benzene rings is 1. The highest BCUT2D eigenvalue weighted by Gasteiger charge is 2.05. The Labute approximate surface area is 100 Å². The van der Waals surface area contributed by atoms with E-state index >= 15 is 0 Å². The minimum Gasteiger partial charge on any atom is -0.337 e. The van der Waals surface area contributed by atoms with Crippen LogP contribution in [-0.2, 0) is 0 Å². The number of alkyl halides is 1. The fourth-order valence-corrected chi connectivity index (χ4v) is 1.35. The SMILES string of the molecule is O=C(NCCCl)Nc1ccc(Br)cc1F. The average Bonchev–Trinajstić information content (AvgIpc) is 2.19. The summed E-state index contributed by atoms with van der Waals surface area (Å²) in [6.45, 7) is 0.339. The van der Waals surface area contributed by atoms with Crippen molar-refractivity contribution in [3.05, 3.63) is 28.5 Å². The molecule has 2 amide bonds. The van der Waals surface area contributed by atoms with Gasteiger partial charge in [0.1, 0.15) is 5.82 Å². The van der Waals surface area contributed by atoms with Gasteiger partial charge in [0.15, 0.2) is 0 Å². The lowest BCUT2D eigenvalue weighted by molar-refractivity contribution is 0.252. The predicted octanol–water partition coefficient (Wildman–Crippen LogP) is 2.95. The van der Waals surface area contributed by atoms with Gasteiger partial charge in [-0.2, -0.15) is 0 Å². The molecule has 2 N–H and O–H groups in total. The zero-order valence-electron chi connectivity index (χ0n) is 7.69. The average molecular weight is 296 g/mol. The number of anilines is 1. The molecule has 0 radical (unpaired) electrons. The minimum absolute atomic E-state index is 0.130. The van der Waals surface area contributed by atoms with Gasteiger partial charge in [0.05, 0.1) is 5.69 Å². The maximum Gasteiger partial charge on any atom is 0.319 e. The van der Waals surface area contributed by atoms with Crippen molar-refractivity contribution < 1.29 is 9.18 Å². The third-order valence-electron chi connectivity index (χ3n) is 1.56. The first-order valence-corrected chi connectivity index (χ1v) is 5.52. The van der Waals surface area contributed by atoms with Crippen molar-refractivity contribution in [1.29, 1.82) is 0 Å². The second-order valence-corrected chi connectivity index (χ2v) is 3.99. The quantitative estimate of drug-likeness (QED) is 0.827. The molecular formula is C9H9BrClFN2O. The van der Waals surface area contributed by atoms with Gasteiger partial charge in [0.2, 0.25) is 0 Å². The Bertz CT molecular complexity index is 362. The molecule has 0 fully saturated rings. The number of hydrogen-bond donors (Lipinski definition) is 2. The van der Waals surface area contributed by atoms with E-state index in [9.17, 15) is 9.18 Å². The van der Waals surface area contributed by atoms with E-state index in [-0.39, 0.29) is 5.69 Å². The number of rotatable bonds is 3. The van der Waals surface area contributed by atoms with Gasteiger partial charge >= 0.3 is 6.03 Å². The molecular weight excluding hydrogens is 286 g/mol. The van der Waals surface area contributed by atoms with E-state index in [4.69, 9.17) is 11.6 Å². The molecule has 1 aromatic carbocycles. The van der Waals surface area contributed by atoms with E-state index in [1.807, 2.05) is 0 Å². The Morgan fingerprint density at radius 1 is 1.53 bits per heavy atom. The van der Waals surface area contributed by atoms with Crippen molar-refractivity contribution >= 4 is 39.2 Å². The molecule has 0 aliphatic carbocycles. The Hall–Kier alpha value is -0.810. The maximum atomic E-state index is 13.2. The summed E-state index contributed by atoms with van der Waals surface area (Å²) in [6.07, 6.45) is 0. The Morgan fingerprint density at radius 3 is 2.87 bits per heavy atom. The molecule has 0 aromatic heterocycles. The summed E-state index contributed by atoms with van der Waals surface area (Å²) in [5.41, 5.74) is 0.130. The summed E-state index contributed by atoms with van der Waals surface area (Å²) in [6, 6.07) is 3.91. The van der Waals surface area contributed by atoms with Crippen LogP contribution in [0, 0.1) is 5.82 Å². The zero-order valence-corrected chi connectivity index (χ0v) is 10.0. The van der Waals surface area contributed by atoms with Crippen molar-refractivity contribution in [2.45, 2.75) is 0 Å². The van der Waals surface area contributed by atoms with E-state index in [2.05, 4.69) is 26.6 Å². The van der Waals surface area contributed by atoms with Crippen LogP contribution in [0.2, 0.25) is 0 Å². The second kappa shape index (κ2) is 5.92. The second-order valence-electron chi connectivity index (χ2n) is 2.69. The standard InChI is InChI=1S/C9H9BrClFN2O/c10-6-1-2-8(7(12)5-6)14-9(15)13-4-3-11/h1-2,5H,3-4H2,(H2,13,14,15). The third kappa shape index (κ3) is 4.05. The molecule has 6 heteroatoms. The van der Waals surface area contributed by atoms with Crippen molar-refractivity contribution in [2.24, 2.45) is 0 Å². The highest BCUT2D eigenvalue weighted by Crippen LogP contribution is 2.18. The maximum absolute atomic E-state index is 13.2. The fraction of sp³-hybridized carbons (Fsp3) is 0.222. The van der Waals surface area contributed by atoms with Crippen molar-refractivity contribution in [3.8, 4) is 0 Å². The van der Waals surface area contributed by atoms with Gasteiger partial charge in [-0.15, -0.1) is 11.6 Å². The molecule has 0 unspecified atom stereocenters. The Balaban J connectivity index is 2.60. The van der Waals surface area contributed by atoms with Gasteiger partial charge in [-0.3, -0.25) is 0 Å². The lowest BCUT2D eigenvalue weighted by Gasteiger charge is -2.07. The van der Waals surface area contributed by atoms with Crippen LogP contribution in [0.5, 0.6) is 0 Å². The van der Waals surface area contributed by atoms with Crippen molar-refractivity contribution in [1.82, 2.24) is 5.32 Å². The molecule has 0 aliphatic heterocycles. The third-order valence-corrected chi connectivity index (χ3v) is 2.24. The first-order valence-electron chi connectivity index (χ1n) is 4.19. The lowest BCUT2D eigenvalue weighted by atomic mass is 10.3. The first-order chi connectivity index (χ1) is 7.13.